The molecule has 2 atom stereocenters. The van der Waals surface area contributed by atoms with Crippen molar-refractivity contribution in [2.45, 2.75) is 30.5 Å². The van der Waals surface area contributed by atoms with Crippen molar-refractivity contribution in [1.29, 1.82) is 0 Å². The molecule has 0 aromatic heterocycles. The minimum Gasteiger partial charge on any atom is -0.374 e. The molecule has 0 saturated heterocycles. The Morgan fingerprint density at radius 3 is 2.24 bits per heavy atom. The number of benzene rings is 2. The highest BCUT2D eigenvalue weighted by Gasteiger charge is 2.63. The number of alkyl halides is 5. The standard InChI is InChI=1S/C20H12Cl4F5N3O2/c21-11-2-1-8(3-14(11)30-31-17(33)10-6-19(10,25)26)15-7-18(34-32-15,20(27,28)29)9-4-12(22)16(24)13(23)5-9/h1-5,10,30H,6-7H2,(H,31,33)/t10-,18+/m1/s1. The van der Waals surface area contributed by atoms with Crippen LogP contribution in [0, 0.1) is 5.92 Å². The monoisotopic (exact) mass is 561 g/mol. The van der Waals surface area contributed by atoms with E-state index in [1.54, 1.807) is 0 Å². The normalized spacial score (nSPS) is 23.2. The van der Waals surface area contributed by atoms with Crippen molar-refractivity contribution in [3.8, 4) is 0 Å². The van der Waals surface area contributed by atoms with Crippen molar-refractivity contribution >= 4 is 63.7 Å². The highest BCUT2D eigenvalue weighted by Crippen LogP contribution is 2.51. The van der Waals surface area contributed by atoms with Crippen molar-refractivity contribution < 1.29 is 31.6 Å². The van der Waals surface area contributed by atoms with E-state index in [0.717, 1.165) is 12.1 Å². The van der Waals surface area contributed by atoms with Crippen molar-refractivity contribution in [3.63, 3.8) is 0 Å². The van der Waals surface area contributed by atoms with Crippen LogP contribution in [0.15, 0.2) is 35.5 Å². The number of carbonyl (C=O) groups is 1. The van der Waals surface area contributed by atoms with E-state index in [4.69, 9.17) is 51.2 Å². The lowest BCUT2D eigenvalue weighted by atomic mass is 9.86. The summed E-state index contributed by atoms with van der Waals surface area (Å²) < 4.78 is 68.7. The molecule has 0 spiro atoms. The average Bonchev–Trinajstić information content (AvgIpc) is 3.17. The smallest absolute Gasteiger partial charge is 0.374 e. The van der Waals surface area contributed by atoms with E-state index in [-0.39, 0.29) is 37.1 Å². The highest BCUT2D eigenvalue weighted by atomic mass is 35.5. The van der Waals surface area contributed by atoms with Crippen LogP contribution in [0.3, 0.4) is 0 Å². The Labute approximate surface area is 209 Å². The van der Waals surface area contributed by atoms with Crippen LogP contribution < -0.4 is 10.9 Å². The molecule has 2 aromatic rings. The predicted octanol–water partition coefficient (Wildman–Crippen LogP) is 6.98. The van der Waals surface area contributed by atoms with Gasteiger partial charge in [-0.3, -0.25) is 15.6 Å². The second-order valence-corrected chi connectivity index (χ2v) is 9.31. The summed E-state index contributed by atoms with van der Waals surface area (Å²) in [5.41, 5.74) is 1.37. The lowest BCUT2D eigenvalue weighted by Gasteiger charge is -2.30. The van der Waals surface area contributed by atoms with Gasteiger partial charge in [0.05, 0.1) is 31.5 Å². The van der Waals surface area contributed by atoms with Gasteiger partial charge in [-0.1, -0.05) is 57.6 Å². The van der Waals surface area contributed by atoms with E-state index in [0.29, 0.717) is 0 Å². The van der Waals surface area contributed by atoms with Gasteiger partial charge in [-0.2, -0.15) is 13.2 Å². The molecule has 1 fully saturated rings. The zero-order valence-electron chi connectivity index (χ0n) is 16.5. The summed E-state index contributed by atoms with van der Waals surface area (Å²) in [5.74, 6) is -5.47. The molecule has 182 valence electrons. The molecule has 5 nitrogen and oxygen atoms in total. The van der Waals surface area contributed by atoms with Gasteiger partial charge in [0.25, 0.3) is 11.5 Å². The number of halogens is 9. The fourth-order valence-corrected chi connectivity index (χ4v) is 4.12. The molecular weight excluding hydrogens is 551 g/mol. The number of hydrogen-bond donors (Lipinski definition) is 2. The summed E-state index contributed by atoms with van der Waals surface area (Å²) in [7, 11) is 0. The van der Waals surface area contributed by atoms with Gasteiger partial charge in [-0.15, -0.1) is 0 Å². The summed E-state index contributed by atoms with van der Waals surface area (Å²) in [4.78, 5) is 16.7. The van der Waals surface area contributed by atoms with Gasteiger partial charge >= 0.3 is 6.18 Å². The maximum absolute atomic E-state index is 14.2. The number of anilines is 1. The van der Waals surface area contributed by atoms with Crippen molar-refractivity contribution in [2.75, 3.05) is 5.43 Å². The lowest BCUT2D eigenvalue weighted by Crippen LogP contribution is -2.42. The second-order valence-electron chi connectivity index (χ2n) is 7.71. The van der Waals surface area contributed by atoms with Crippen LogP contribution in [0.1, 0.15) is 24.0 Å². The molecule has 34 heavy (non-hydrogen) atoms. The van der Waals surface area contributed by atoms with E-state index in [1.807, 2.05) is 0 Å². The van der Waals surface area contributed by atoms with Gasteiger partial charge in [0, 0.05) is 24.0 Å². The number of amides is 1. The third-order valence-electron chi connectivity index (χ3n) is 5.40. The molecule has 2 N–H and O–H groups in total. The Bertz CT molecular complexity index is 1180. The fraction of sp³-hybridized carbons (Fsp3) is 0.300. The number of carbonyl (C=O) groups excluding carboxylic acids is 1. The molecule has 14 heteroatoms. The maximum Gasteiger partial charge on any atom is 0.435 e. The van der Waals surface area contributed by atoms with Crippen LogP contribution in [0.4, 0.5) is 27.6 Å². The van der Waals surface area contributed by atoms with Gasteiger partial charge in [-0.05, 0) is 24.3 Å². The lowest BCUT2D eigenvalue weighted by molar-refractivity contribution is -0.275. The van der Waals surface area contributed by atoms with Crippen LogP contribution in [-0.2, 0) is 15.2 Å². The molecule has 4 rings (SSSR count). The number of nitrogens with zero attached hydrogens (tertiary/aromatic N) is 1. The largest absolute Gasteiger partial charge is 0.435 e. The van der Waals surface area contributed by atoms with Crippen LogP contribution in [0.2, 0.25) is 20.1 Å². The van der Waals surface area contributed by atoms with Crippen LogP contribution >= 0.6 is 46.4 Å². The van der Waals surface area contributed by atoms with E-state index in [2.05, 4.69) is 16.0 Å². The Morgan fingerprint density at radius 1 is 1.06 bits per heavy atom. The first kappa shape index (κ1) is 25.1. The van der Waals surface area contributed by atoms with Gasteiger partial charge in [0.1, 0.15) is 5.92 Å². The highest BCUT2D eigenvalue weighted by molar-refractivity contribution is 6.48. The van der Waals surface area contributed by atoms with E-state index >= 15 is 0 Å². The molecule has 2 aliphatic rings. The molecule has 1 aliphatic carbocycles. The molecule has 0 unspecified atom stereocenters. The number of nitrogens with one attached hydrogen (secondary N) is 2. The fourth-order valence-electron chi connectivity index (χ4n) is 3.36. The molecular formula is C20H12Cl4F5N3O2. The Hall–Kier alpha value is -2.01. The number of oxime groups is 1. The van der Waals surface area contributed by atoms with Gasteiger partial charge in [0.15, 0.2) is 0 Å². The zero-order chi connectivity index (χ0) is 25.1. The molecule has 1 aliphatic heterocycles. The molecule has 1 heterocycles. The second kappa shape index (κ2) is 8.58. The van der Waals surface area contributed by atoms with Crippen LogP contribution in [-0.4, -0.2) is 23.7 Å². The first-order valence-electron chi connectivity index (χ1n) is 9.45. The van der Waals surface area contributed by atoms with Gasteiger partial charge in [-0.25, -0.2) is 8.78 Å². The van der Waals surface area contributed by atoms with Gasteiger partial charge < -0.3 is 4.84 Å². The zero-order valence-corrected chi connectivity index (χ0v) is 19.6. The minimum absolute atomic E-state index is 0.0567. The predicted molar refractivity (Wildman–Crippen MR) is 118 cm³/mol. The third kappa shape index (κ3) is 4.48. The van der Waals surface area contributed by atoms with Crippen molar-refractivity contribution in [1.82, 2.24) is 5.43 Å². The maximum atomic E-state index is 14.2. The summed E-state index contributed by atoms with van der Waals surface area (Å²) in [5, 5.41) is 3.20. The first-order valence-corrected chi connectivity index (χ1v) is 11.0. The molecule has 0 radical (unpaired) electrons. The van der Waals surface area contributed by atoms with Crippen LogP contribution in [0.25, 0.3) is 0 Å². The van der Waals surface area contributed by atoms with E-state index < -0.39 is 47.9 Å². The van der Waals surface area contributed by atoms with Crippen molar-refractivity contribution in [3.05, 3.63) is 61.5 Å². The SMILES string of the molecule is O=C(NNc1cc(C2=NO[C@@](c3cc(Cl)c(Cl)c(Cl)c3)(C(F)(F)F)C2)ccc1Cl)[C@H]1CC1(F)F. The number of hydrazine groups is 1. The van der Waals surface area contributed by atoms with Crippen molar-refractivity contribution in [2.24, 2.45) is 11.1 Å². The summed E-state index contributed by atoms with van der Waals surface area (Å²) in [6.45, 7) is 0. The third-order valence-corrected chi connectivity index (χ3v) is 6.92. The molecule has 1 amide bonds. The Balaban J connectivity index is 1.59. The number of hydrogen-bond acceptors (Lipinski definition) is 4. The Morgan fingerprint density at radius 2 is 1.68 bits per heavy atom. The Kier molecular flexibility index (Phi) is 6.33. The molecule has 2 aromatic carbocycles. The first-order chi connectivity index (χ1) is 15.7. The molecule has 0 bridgehead atoms. The van der Waals surface area contributed by atoms with Gasteiger partial charge in [0.2, 0.25) is 5.91 Å². The topological polar surface area (TPSA) is 62.7 Å². The van der Waals surface area contributed by atoms with E-state index in [9.17, 15) is 26.7 Å². The summed E-state index contributed by atoms with van der Waals surface area (Å²) in [6, 6.07) is 6.02. The van der Waals surface area contributed by atoms with E-state index in [1.165, 1.54) is 18.2 Å². The quantitative estimate of drug-likeness (QED) is 0.235. The molecule has 1 saturated carbocycles. The minimum atomic E-state index is -4.92. The summed E-state index contributed by atoms with van der Waals surface area (Å²) >= 11 is 23.8. The van der Waals surface area contributed by atoms with Crippen LogP contribution in [0.5, 0.6) is 0 Å². The number of rotatable bonds is 5. The summed E-state index contributed by atoms with van der Waals surface area (Å²) in [6.07, 6.45) is -6.23. The average molecular weight is 563 g/mol.